The van der Waals surface area contributed by atoms with Gasteiger partial charge in [0.2, 0.25) is 0 Å². The van der Waals surface area contributed by atoms with Crippen LogP contribution in [0.15, 0.2) is 100 Å². The van der Waals surface area contributed by atoms with Crippen LogP contribution in [0.25, 0.3) is 0 Å². The van der Waals surface area contributed by atoms with E-state index in [0.717, 1.165) is 36.5 Å². The lowest BCUT2D eigenvalue weighted by Gasteiger charge is -2.44. The van der Waals surface area contributed by atoms with Crippen LogP contribution in [0.4, 0.5) is 11.4 Å². The summed E-state index contributed by atoms with van der Waals surface area (Å²) >= 11 is 3.49. The molecule has 3 heterocycles. The van der Waals surface area contributed by atoms with E-state index in [2.05, 4.69) is 26.1 Å². The highest BCUT2D eigenvalue weighted by atomic mass is 79.9. The Morgan fingerprint density at radius 2 is 1.71 bits per heavy atom. The molecule has 0 saturated carbocycles. The molecule has 0 radical (unpaired) electrons. The largest absolute Gasteiger partial charge is 0.369 e. The lowest BCUT2D eigenvalue weighted by Crippen LogP contribution is -2.47. The van der Waals surface area contributed by atoms with E-state index in [9.17, 15) is 14.4 Å². The molecule has 41 heavy (non-hydrogen) atoms. The number of hydrogen-bond donors (Lipinski definition) is 1. The molecular weight excluding hydrogens is 580 g/mol. The fourth-order valence-electron chi connectivity index (χ4n) is 6.12. The minimum atomic E-state index is -0.255. The number of piperidine rings is 1. The lowest BCUT2D eigenvalue weighted by atomic mass is 9.83. The average molecular weight is 612 g/mol. The predicted octanol–water partition coefficient (Wildman–Crippen LogP) is 5.76. The van der Waals surface area contributed by atoms with Crippen molar-refractivity contribution in [1.82, 2.24) is 9.47 Å². The van der Waals surface area contributed by atoms with Crippen molar-refractivity contribution in [3.63, 3.8) is 0 Å². The van der Waals surface area contributed by atoms with E-state index in [1.54, 1.807) is 30.1 Å². The van der Waals surface area contributed by atoms with E-state index in [-0.39, 0.29) is 23.3 Å². The van der Waals surface area contributed by atoms with Crippen molar-refractivity contribution in [1.29, 1.82) is 0 Å². The number of benzene rings is 3. The van der Waals surface area contributed by atoms with Gasteiger partial charge in [0.25, 0.3) is 17.4 Å². The smallest absolute Gasteiger partial charge is 0.256 e. The number of carbonyl (C=O) groups excluding carboxylic acids is 2. The summed E-state index contributed by atoms with van der Waals surface area (Å²) in [5, 5.41) is 3.11. The van der Waals surface area contributed by atoms with Gasteiger partial charge < -0.3 is 19.7 Å². The third kappa shape index (κ3) is 5.57. The number of pyridine rings is 1. The minimum Gasteiger partial charge on any atom is -0.369 e. The number of carbonyl (C=O) groups is 2. The van der Waals surface area contributed by atoms with Crippen LogP contribution in [0.5, 0.6) is 0 Å². The molecule has 0 unspecified atom stereocenters. The minimum absolute atomic E-state index is 0.0505. The second kappa shape index (κ2) is 11.4. The van der Waals surface area contributed by atoms with Gasteiger partial charge in [-0.15, -0.1) is 0 Å². The number of anilines is 2. The molecule has 2 aliphatic rings. The molecule has 0 aliphatic carbocycles. The molecule has 8 heteroatoms. The van der Waals surface area contributed by atoms with Crippen LogP contribution in [-0.2, 0) is 13.1 Å². The van der Waals surface area contributed by atoms with E-state index in [1.165, 1.54) is 0 Å². The highest BCUT2D eigenvalue weighted by Gasteiger charge is 2.35. The highest BCUT2D eigenvalue weighted by Crippen LogP contribution is 2.39. The molecular formula is C33H31BrN4O3. The molecule has 208 valence electrons. The molecule has 1 N–H and O–H groups in total. The van der Waals surface area contributed by atoms with Gasteiger partial charge in [-0.3, -0.25) is 14.4 Å². The zero-order valence-corrected chi connectivity index (χ0v) is 24.4. The Labute approximate surface area is 247 Å². The fraction of sp³-hybridized carbons (Fsp3) is 0.242. The van der Waals surface area contributed by atoms with Gasteiger partial charge in [-0.05, 0) is 70.2 Å². The molecule has 4 aromatic rings. The van der Waals surface area contributed by atoms with Gasteiger partial charge in [0.1, 0.15) is 0 Å². The molecule has 2 atom stereocenters. The zero-order chi connectivity index (χ0) is 28.5. The van der Waals surface area contributed by atoms with Crippen molar-refractivity contribution in [2.45, 2.75) is 25.4 Å². The van der Waals surface area contributed by atoms with Gasteiger partial charge in [0.15, 0.2) is 0 Å². The molecule has 1 fully saturated rings. The summed E-state index contributed by atoms with van der Waals surface area (Å²) in [7, 11) is 1.79. The SMILES string of the molecule is CN(Cc1ccccc1)C(=O)c1ccc(N2C[C@H]3C[C@@H](C2)c2cccc(=O)n2C3)c(NC(=O)c2ccccc2Br)c1. The number of fused-ring (bicyclic) bond motifs is 4. The van der Waals surface area contributed by atoms with E-state index < -0.39 is 0 Å². The van der Waals surface area contributed by atoms with Crippen LogP contribution in [0, 0.1) is 5.92 Å². The summed E-state index contributed by atoms with van der Waals surface area (Å²) < 4.78 is 2.61. The summed E-state index contributed by atoms with van der Waals surface area (Å²) in [5.74, 6) is 0.142. The number of nitrogens with one attached hydrogen (secondary N) is 1. The van der Waals surface area contributed by atoms with Gasteiger partial charge >= 0.3 is 0 Å². The molecule has 0 spiro atoms. The van der Waals surface area contributed by atoms with Crippen LogP contribution in [0.2, 0.25) is 0 Å². The van der Waals surface area contributed by atoms with E-state index in [0.29, 0.717) is 40.3 Å². The summed E-state index contributed by atoms with van der Waals surface area (Å²) in [6.45, 7) is 2.64. The molecule has 1 saturated heterocycles. The van der Waals surface area contributed by atoms with Gasteiger partial charge in [-0.2, -0.15) is 0 Å². The number of nitrogens with zero attached hydrogens (tertiary/aromatic N) is 3. The Hall–Kier alpha value is -4.17. The number of amides is 2. The Bertz CT molecular complexity index is 1670. The molecule has 2 amide bonds. The van der Waals surface area contributed by atoms with Crippen molar-refractivity contribution in [3.8, 4) is 0 Å². The number of hydrogen-bond acceptors (Lipinski definition) is 4. The van der Waals surface area contributed by atoms with Crippen molar-refractivity contribution < 1.29 is 9.59 Å². The third-order valence-corrected chi connectivity index (χ3v) is 8.73. The summed E-state index contributed by atoms with van der Waals surface area (Å²) in [6, 6.07) is 28.2. The monoisotopic (exact) mass is 610 g/mol. The van der Waals surface area contributed by atoms with Crippen LogP contribution in [-0.4, -0.2) is 41.4 Å². The van der Waals surface area contributed by atoms with E-state index in [4.69, 9.17) is 0 Å². The molecule has 2 bridgehead atoms. The molecule has 7 nitrogen and oxygen atoms in total. The number of rotatable bonds is 6. The highest BCUT2D eigenvalue weighted by molar-refractivity contribution is 9.10. The molecule has 2 aliphatic heterocycles. The second-order valence-corrected chi connectivity index (χ2v) is 11.8. The zero-order valence-electron chi connectivity index (χ0n) is 22.8. The average Bonchev–Trinajstić information content (AvgIpc) is 2.98. The Kier molecular flexibility index (Phi) is 7.49. The third-order valence-electron chi connectivity index (χ3n) is 8.04. The van der Waals surface area contributed by atoms with Gasteiger partial charge in [0, 0.05) is 60.9 Å². The van der Waals surface area contributed by atoms with Gasteiger partial charge in [-0.1, -0.05) is 48.5 Å². The van der Waals surface area contributed by atoms with Gasteiger partial charge in [0.05, 0.1) is 16.9 Å². The maximum absolute atomic E-state index is 13.5. The standard InChI is InChI=1S/C33H31BrN4O3/c1-36(18-22-8-3-2-4-9-22)33(41)24-14-15-30(28(17-24)35-32(40)26-10-5-6-11-27(26)34)37-19-23-16-25(21-37)29-12-7-13-31(39)38(29)20-23/h2-15,17,23,25H,16,18-21H2,1H3,(H,35,40)/t23-,25+/m1/s1. The van der Waals surface area contributed by atoms with E-state index in [1.807, 2.05) is 77.4 Å². The van der Waals surface area contributed by atoms with Crippen molar-refractivity contribution in [2.24, 2.45) is 5.92 Å². The van der Waals surface area contributed by atoms with Gasteiger partial charge in [-0.25, -0.2) is 0 Å². The Balaban J connectivity index is 1.33. The summed E-state index contributed by atoms with van der Waals surface area (Å²) in [6.07, 6.45) is 1.03. The van der Waals surface area contributed by atoms with E-state index >= 15 is 0 Å². The lowest BCUT2D eigenvalue weighted by molar-refractivity contribution is 0.0784. The predicted molar refractivity (Wildman–Crippen MR) is 165 cm³/mol. The molecule has 3 aromatic carbocycles. The normalized spacial score (nSPS) is 17.5. The van der Waals surface area contributed by atoms with Crippen LogP contribution >= 0.6 is 15.9 Å². The number of aromatic nitrogens is 1. The quantitative estimate of drug-likeness (QED) is 0.301. The van der Waals surface area contributed by atoms with Crippen LogP contribution < -0.4 is 15.8 Å². The summed E-state index contributed by atoms with van der Waals surface area (Å²) in [4.78, 5) is 43.4. The second-order valence-electron chi connectivity index (χ2n) is 10.9. The first-order valence-corrected chi connectivity index (χ1v) is 14.6. The molecule has 1 aromatic heterocycles. The molecule has 6 rings (SSSR count). The maximum Gasteiger partial charge on any atom is 0.256 e. The first-order chi connectivity index (χ1) is 19.9. The Morgan fingerprint density at radius 3 is 2.51 bits per heavy atom. The first kappa shape index (κ1) is 27.0. The topological polar surface area (TPSA) is 74.7 Å². The van der Waals surface area contributed by atoms with Crippen molar-refractivity contribution in [2.75, 3.05) is 30.4 Å². The van der Waals surface area contributed by atoms with Crippen LogP contribution in [0.1, 0.15) is 44.3 Å². The fourth-order valence-corrected chi connectivity index (χ4v) is 6.59. The Morgan fingerprint density at radius 1 is 0.927 bits per heavy atom. The maximum atomic E-state index is 13.5. The van der Waals surface area contributed by atoms with Crippen molar-refractivity contribution in [3.05, 3.63) is 128 Å². The van der Waals surface area contributed by atoms with Crippen molar-refractivity contribution >= 4 is 39.1 Å². The van der Waals surface area contributed by atoms with Crippen LogP contribution in [0.3, 0.4) is 0 Å². The number of halogens is 1. The summed E-state index contributed by atoms with van der Waals surface area (Å²) in [5.41, 5.74) is 4.64. The first-order valence-electron chi connectivity index (χ1n) is 13.8.